The molecule has 0 bridgehead atoms. The molecule has 0 aliphatic heterocycles. The van der Waals surface area contributed by atoms with E-state index >= 15 is 0 Å². The van der Waals surface area contributed by atoms with Crippen molar-refractivity contribution in [2.75, 3.05) is 5.32 Å². The van der Waals surface area contributed by atoms with Crippen molar-refractivity contribution < 1.29 is 13.9 Å². The summed E-state index contributed by atoms with van der Waals surface area (Å²) in [7, 11) is 0. The number of benzene rings is 3. The maximum atomic E-state index is 13.4. The van der Waals surface area contributed by atoms with Crippen LogP contribution < -0.4 is 15.5 Å². The number of hydrogen-bond acceptors (Lipinski definition) is 4. The summed E-state index contributed by atoms with van der Waals surface area (Å²) < 4.78 is 12.0. The van der Waals surface area contributed by atoms with Gasteiger partial charge in [0.1, 0.15) is 5.58 Å². The zero-order valence-corrected chi connectivity index (χ0v) is 19.8. The number of nitrogens with one attached hydrogen (secondary N) is 1. The summed E-state index contributed by atoms with van der Waals surface area (Å²) in [4.78, 5) is 26.2. The molecule has 1 amide bonds. The van der Waals surface area contributed by atoms with Gasteiger partial charge in [-0.1, -0.05) is 59.6 Å². The molecule has 0 aliphatic rings. The molecule has 5 nitrogen and oxygen atoms in total. The number of rotatable bonds is 5. The van der Waals surface area contributed by atoms with Gasteiger partial charge in [-0.05, 0) is 56.2 Å². The molecule has 4 rings (SSSR count). The second kappa shape index (κ2) is 9.30. The summed E-state index contributed by atoms with van der Waals surface area (Å²) in [5, 5.41) is 4.01. The Morgan fingerprint density at radius 2 is 1.67 bits per heavy atom. The Kier molecular flexibility index (Phi) is 6.45. The number of amides is 1. The quantitative estimate of drug-likeness (QED) is 0.340. The lowest BCUT2D eigenvalue weighted by molar-refractivity contribution is -0.122. The molecule has 0 saturated carbocycles. The van der Waals surface area contributed by atoms with Gasteiger partial charge in [0, 0.05) is 21.3 Å². The lowest BCUT2D eigenvalue weighted by atomic mass is 10.1. The van der Waals surface area contributed by atoms with Crippen molar-refractivity contribution in [3.05, 3.63) is 92.1 Å². The molecule has 4 aromatic rings. The maximum Gasteiger partial charge on any atom is 0.265 e. The predicted molar refractivity (Wildman–Crippen MR) is 133 cm³/mol. The van der Waals surface area contributed by atoms with Gasteiger partial charge in [0.15, 0.2) is 11.9 Å². The highest BCUT2D eigenvalue weighted by Gasteiger charge is 2.23. The average molecular weight is 482 g/mol. The van der Waals surface area contributed by atoms with E-state index in [9.17, 15) is 9.59 Å². The molecule has 0 radical (unpaired) electrons. The molecule has 1 heterocycles. The molecule has 0 fully saturated rings. The zero-order valence-electron chi connectivity index (χ0n) is 18.2. The molecule has 0 aliphatic carbocycles. The molecular weight excluding hydrogens is 461 g/mol. The molecule has 1 unspecified atom stereocenters. The Hall–Kier alpha value is -3.28. The third-order valence-electron chi connectivity index (χ3n) is 5.27. The molecule has 168 valence electrons. The number of halogens is 2. The van der Waals surface area contributed by atoms with E-state index in [-0.39, 0.29) is 16.9 Å². The fourth-order valence-corrected chi connectivity index (χ4v) is 3.67. The van der Waals surface area contributed by atoms with Crippen molar-refractivity contribution in [3.8, 4) is 17.1 Å². The van der Waals surface area contributed by atoms with Crippen molar-refractivity contribution in [2.45, 2.75) is 26.9 Å². The van der Waals surface area contributed by atoms with Gasteiger partial charge in [0.05, 0.1) is 5.39 Å². The van der Waals surface area contributed by atoms with Gasteiger partial charge in [0.2, 0.25) is 11.2 Å². The number of anilines is 1. The van der Waals surface area contributed by atoms with Crippen molar-refractivity contribution in [1.82, 2.24) is 0 Å². The van der Waals surface area contributed by atoms with Crippen LogP contribution in [-0.2, 0) is 4.79 Å². The first-order valence-electron chi connectivity index (χ1n) is 10.3. The Labute approximate surface area is 200 Å². The van der Waals surface area contributed by atoms with Crippen LogP contribution in [0.2, 0.25) is 10.0 Å². The van der Waals surface area contributed by atoms with Crippen LogP contribution in [0, 0.1) is 13.8 Å². The first kappa shape index (κ1) is 22.9. The Morgan fingerprint density at radius 3 is 2.36 bits per heavy atom. The largest absolute Gasteiger partial charge is 0.473 e. The maximum absolute atomic E-state index is 13.4. The first-order chi connectivity index (χ1) is 15.7. The summed E-state index contributed by atoms with van der Waals surface area (Å²) in [6.45, 7) is 5.27. The molecular formula is C26H21Cl2NO4. The number of aryl methyl sites for hydroxylation is 2. The first-order valence-corrected chi connectivity index (χ1v) is 11.1. The lowest BCUT2D eigenvalue weighted by Crippen LogP contribution is -2.31. The van der Waals surface area contributed by atoms with E-state index in [0.717, 1.165) is 11.1 Å². The van der Waals surface area contributed by atoms with E-state index in [4.69, 9.17) is 32.4 Å². The molecule has 0 spiro atoms. The van der Waals surface area contributed by atoms with E-state index < -0.39 is 17.4 Å². The second-order valence-corrected chi connectivity index (χ2v) is 8.58. The van der Waals surface area contributed by atoms with Gasteiger partial charge in [-0.25, -0.2) is 0 Å². The van der Waals surface area contributed by atoms with Gasteiger partial charge in [-0.3, -0.25) is 9.59 Å². The number of fused-ring (bicyclic) bond motifs is 1. The third kappa shape index (κ3) is 4.75. The molecule has 1 N–H and O–H groups in total. The van der Waals surface area contributed by atoms with Crippen LogP contribution in [0.3, 0.4) is 0 Å². The topological polar surface area (TPSA) is 68.5 Å². The van der Waals surface area contributed by atoms with Crippen LogP contribution in [-0.4, -0.2) is 12.0 Å². The summed E-state index contributed by atoms with van der Waals surface area (Å²) in [5.41, 5.74) is 2.84. The van der Waals surface area contributed by atoms with Gasteiger partial charge in [-0.15, -0.1) is 0 Å². The van der Waals surface area contributed by atoms with Crippen LogP contribution in [0.15, 0.2) is 69.9 Å². The van der Waals surface area contributed by atoms with Gasteiger partial charge >= 0.3 is 0 Å². The second-order valence-electron chi connectivity index (χ2n) is 7.77. The lowest BCUT2D eigenvalue weighted by Gasteiger charge is -2.17. The SMILES string of the molecule is Cc1ccc(NC(=O)C(C)Oc2c(-c3ccccc3)oc3cc(C)c(Cl)cc3c2=O)cc1Cl. The third-order valence-corrected chi connectivity index (χ3v) is 6.08. The minimum absolute atomic E-state index is 0.0572. The summed E-state index contributed by atoms with van der Waals surface area (Å²) in [6, 6.07) is 17.6. The van der Waals surface area contributed by atoms with Gasteiger partial charge in [-0.2, -0.15) is 0 Å². The zero-order chi connectivity index (χ0) is 23.7. The molecule has 7 heteroatoms. The number of ether oxygens (including phenoxy) is 1. The van der Waals surface area contributed by atoms with E-state index in [0.29, 0.717) is 26.9 Å². The standard InChI is InChI=1S/C26H21Cl2NO4/c1-14-9-10-18(12-20(14)27)29-26(31)16(3)32-25-23(30)19-13-21(28)15(2)11-22(19)33-24(25)17-7-5-4-6-8-17/h4-13,16H,1-3H3,(H,29,31). The highest BCUT2D eigenvalue weighted by Crippen LogP contribution is 2.33. The normalized spacial score (nSPS) is 11.9. The minimum Gasteiger partial charge on any atom is -0.473 e. The fourth-order valence-electron chi connectivity index (χ4n) is 3.33. The van der Waals surface area contributed by atoms with Gasteiger partial charge < -0.3 is 14.5 Å². The monoisotopic (exact) mass is 481 g/mol. The highest BCUT2D eigenvalue weighted by atomic mass is 35.5. The van der Waals surface area contributed by atoms with Crippen molar-refractivity contribution in [3.63, 3.8) is 0 Å². The number of carbonyl (C=O) groups is 1. The predicted octanol–water partition coefficient (Wildman–Crippen LogP) is 6.79. The number of hydrogen-bond donors (Lipinski definition) is 1. The van der Waals surface area contributed by atoms with Crippen LogP contribution >= 0.6 is 23.2 Å². The van der Waals surface area contributed by atoms with Crippen LogP contribution in [0.1, 0.15) is 18.1 Å². The Balaban J connectivity index is 1.74. The number of carbonyl (C=O) groups excluding carboxylic acids is 1. The summed E-state index contributed by atoms with van der Waals surface area (Å²) >= 11 is 12.4. The summed E-state index contributed by atoms with van der Waals surface area (Å²) in [6.07, 6.45) is -0.992. The minimum atomic E-state index is -0.992. The van der Waals surface area contributed by atoms with E-state index in [1.54, 1.807) is 49.4 Å². The molecule has 1 atom stereocenters. The fraction of sp³-hybridized carbons (Fsp3) is 0.154. The van der Waals surface area contributed by atoms with Crippen molar-refractivity contribution in [1.29, 1.82) is 0 Å². The summed E-state index contributed by atoms with van der Waals surface area (Å²) in [5.74, 6) is -0.249. The van der Waals surface area contributed by atoms with E-state index in [1.807, 2.05) is 32.0 Å². The smallest absolute Gasteiger partial charge is 0.265 e. The van der Waals surface area contributed by atoms with E-state index in [2.05, 4.69) is 5.32 Å². The van der Waals surface area contributed by atoms with E-state index in [1.165, 1.54) is 0 Å². The Bertz CT molecular complexity index is 1410. The van der Waals surface area contributed by atoms with Gasteiger partial charge in [0.25, 0.3) is 5.91 Å². The molecule has 1 aromatic heterocycles. The highest BCUT2D eigenvalue weighted by molar-refractivity contribution is 6.32. The Morgan fingerprint density at radius 1 is 0.970 bits per heavy atom. The molecule has 3 aromatic carbocycles. The molecule has 0 saturated heterocycles. The van der Waals surface area contributed by atoms with Crippen LogP contribution in [0.4, 0.5) is 5.69 Å². The molecule has 33 heavy (non-hydrogen) atoms. The van der Waals surface area contributed by atoms with Crippen LogP contribution in [0.25, 0.3) is 22.3 Å². The van der Waals surface area contributed by atoms with Crippen LogP contribution in [0.5, 0.6) is 5.75 Å². The van der Waals surface area contributed by atoms with Crippen molar-refractivity contribution in [2.24, 2.45) is 0 Å². The average Bonchev–Trinajstić information content (AvgIpc) is 2.80. The van der Waals surface area contributed by atoms with Crippen molar-refractivity contribution >= 4 is 45.8 Å².